The molecule has 0 saturated carbocycles. The summed E-state index contributed by atoms with van der Waals surface area (Å²) in [7, 11) is 0. The average molecular weight is 310 g/mol. The van der Waals surface area contributed by atoms with Crippen molar-refractivity contribution in [1.29, 1.82) is 0 Å². The van der Waals surface area contributed by atoms with Crippen LogP contribution < -0.4 is 10.2 Å². The van der Waals surface area contributed by atoms with Gasteiger partial charge in [-0.1, -0.05) is 17.7 Å². The van der Waals surface area contributed by atoms with Crippen LogP contribution in [0.5, 0.6) is 11.5 Å². The zero-order valence-electron chi connectivity index (χ0n) is 13.0. The van der Waals surface area contributed by atoms with Gasteiger partial charge in [0.05, 0.1) is 11.4 Å². The van der Waals surface area contributed by atoms with E-state index in [0.29, 0.717) is 29.1 Å². The topological polar surface area (TPSA) is 72.8 Å². The molecule has 0 atom stereocenters. The van der Waals surface area contributed by atoms with Crippen molar-refractivity contribution in [3.8, 4) is 11.5 Å². The molecule has 2 amide bonds. The van der Waals surface area contributed by atoms with Gasteiger partial charge in [0, 0.05) is 18.2 Å². The van der Waals surface area contributed by atoms with Gasteiger partial charge < -0.3 is 15.5 Å². The third-order valence-electron chi connectivity index (χ3n) is 3.88. The summed E-state index contributed by atoms with van der Waals surface area (Å²) in [5.74, 6) is -0.0415. The van der Waals surface area contributed by atoms with Crippen LogP contribution in [-0.2, 0) is 0 Å². The summed E-state index contributed by atoms with van der Waals surface area (Å²) in [6.07, 6.45) is 1.84. The third kappa shape index (κ3) is 2.73. The van der Waals surface area contributed by atoms with Gasteiger partial charge in [-0.2, -0.15) is 0 Å². The van der Waals surface area contributed by atoms with Crippen molar-refractivity contribution in [1.82, 2.24) is 5.32 Å². The number of aromatic hydroxyl groups is 2. The van der Waals surface area contributed by atoms with E-state index in [9.17, 15) is 15.0 Å². The average Bonchev–Trinajstić information content (AvgIpc) is 2.52. The van der Waals surface area contributed by atoms with Gasteiger partial charge in [-0.05, 0) is 43.7 Å². The molecule has 0 spiro atoms. The number of anilines is 1. The minimum atomic E-state index is -0.253. The van der Waals surface area contributed by atoms with Crippen LogP contribution in [0.1, 0.15) is 16.7 Å². The molecule has 1 aliphatic heterocycles. The number of nitrogens with one attached hydrogen (secondary N) is 1. The molecule has 3 N–H and O–H groups in total. The maximum Gasteiger partial charge on any atom is 0.326 e. The Balaban J connectivity index is 2.12. The summed E-state index contributed by atoms with van der Waals surface area (Å²) in [5.41, 5.74) is 3.55. The first-order valence-corrected chi connectivity index (χ1v) is 7.35. The number of urea groups is 1. The fourth-order valence-electron chi connectivity index (χ4n) is 2.59. The molecule has 0 aliphatic carbocycles. The van der Waals surface area contributed by atoms with Crippen LogP contribution in [-0.4, -0.2) is 22.8 Å². The molecule has 2 aromatic carbocycles. The van der Waals surface area contributed by atoms with Crippen molar-refractivity contribution in [3.63, 3.8) is 0 Å². The molecule has 0 unspecified atom stereocenters. The van der Waals surface area contributed by atoms with Gasteiger partial charge in [0.25, 0.3) is 0 Å². The van der Waals surface area contributed by atoms with Crippen molar-refractivity contribution in [2.75, 3.05) is 11.4 Å². The molecule has 0 fully saturated rings. The molecule has 5 heteroatoms. The fourth-order valence-corrected chi connectivity index (χ4v) is 2.59. The third-order valence-corrected chi connectivity index (χ3v) is 3.88. The lowest BCUT2D eigenvalue weighted by Crippen LogP contribution is -2.42. The molecule has 1 aliphatic rings. The predicted molar refractivity (Wildman–Crippen MR) is 89.5 cm³/mol. The summed E-state index contributed by atoms with van der Waals surface area (Å²) in [6, 6.07) is 10.3. The first kappa shape index (κ1) is 15.0. The monoisotopic (exact) mass is 310 g/mol. The molecular weight excluding hydrogens is 292 g/mol. The second kappa shape index (κ2) is 5.68. The van der Waals surface area contributed by atoms with E-state index in [4.69, 9.17) is 0 Å². The molecule has 3 rings (SSSR count). The van der Waals surface area contributed by atoms with Crippen molar-refractivity contribution >= 4 is 17.4 Å². The molecule has 23 heavy (non-hydrogen) atoms. The first-order chi connectivity index (χ1) is 11.0. The fraction of sp³-hybridized carbons (Fsp3) is 0.167. The van der Waals surface area contributed by atoms with Crippen LogP contribution in [0.2, 0.25) is 0 Å². The Bertz CT molecular complexity index is 795. The van der Waals surface area contributed by atoms with E-state index in [2.05, 4.69) is 5.32 Å². The van der Waals surface area contributed by atoms with E-state index in [1.165, 1.54) is 11.0 Å². The van der Waals surface area contributed by atoms with Crippen molar-refractivity contribution in [3.05, 3.63) is 59.2 Å². The number of carbonyl (C=O) groups excluding carboxylic acids is 1. The van der Waals surface area contributed by atoms with Crippen LogP contribution in [0.15, 0.2) is 42.5 Å². The van der Waals surface area contributed by atoms with Crippen LogP contribution in [0.4, 0.5) is 10.5 Å². The number of aryl methyl sites for hydroxylation is 2. The number of nitrogens with zero attached hydrogens (tertiary/aromatic N) is 1. The minimum absolute atomic E-state index is 0.0222. The van der Waals surface area contributed by atoms with Gasteiger partial charge in [0.1, 0.15) is 11.5 Å². The normalized spacial score (nSPS) is 14.4. The van der Waals surface area contributed by atoms with Gasteiger partial charge in [-0.25, -0.2) is 4.79 Å². The molecule has 1 heterocycles. The maximum atomic E-state index is 12.4. The van der Waals surface area contributed by atoms with Crippen molar-refractivity contribution in [2.45, 2.75) is 13.8 Å². The molecule has 0 bridgehead atoms. The first-order valence-electron chi connectivity index (χ1n) is 7.35. The Hall–Kier alpha value is -2.95. The van der Waals surface area contributed by atoms with E-state index in [-0.39, 0.29) is 17.5 Å². The molecule has 0 saturated heterocycles. The number of rotatable bonds is 2. The Morgan fingerprint density at radius 2 is 1.74 bits per heavy atom. The van der Waals surface area contributed by atoms with E-state index in [1.807, 2.05) is 37.3 Å². The zero-order valence-corrected chi connectivity index (χ0v) is 13.0. The van der Waals surface area contributed by atoms with Crippen molar-refractivity contribution < 1.29 is 15.0 Å². The quantitative estimate of drug-likeness (QED) is 0.797. The lowest BCUT2D eigenvalue weighted by Gasteiger charge is -2.30. The molecule has 118 valence electrons. The Morgan fingerprint density at radius 3 is 2.43 bits per heavy atom. The van der Waals surface area contributed by atoms with E-state index in [1.54, 1.807) is 13.0 Å². The standard InChI is InChI=1S/C18H18N2O3/c1-11-3-5-13(6-4-11)20-15(7-8-19-18(20)23)14-9-12(2)16(21)10-17(14)22/h3-7,9-10,21-22H,8H2,1-2H3,(H,19,23). The summed E-state index contributed by atoms with van der Waals surface area (Å²) in [5, 5.41) is 22.7. The lowest BCUT2D eigenvalue weighted by molar-refractivity contribution is 0.249. The second-order valence-corrected chi connectivity index (χ2v) is 5.60. The number of amides is 2. The highest BCUT2D eigenvalue weighted by Gasteiger charge is 2.26. The largest absolute Gasteiger partial charge is 0.508 e. The smallest absolute Gasteiger partial charge is 0.326 e. The summed E-state index contributed by atoms with van der Waals surface area (Å²) in [4.78, 5) is 13.9. The Kier molecular flexibility index (Phi) is 3.70. The number of phenolic OH excluding ortho intramolecular Hbond substituents is 2. The maximum absolute atomic E-state index is 12.4. The number of hydrogen-bond acceptors (Lipinski definition) is 3. The van der Waals surface area contributed by atoms with E-state index in [0.717, 1.165) is 5.56 Å². The summed E-state index contributed by atoms with van der Waals surface area (Å²) < 4.78 is 0. The Labute approximate surface area is 134 Å². The zero-order chi connectivity index (χ0) is 16.6. The second-order valence-electron chi connectivity index (χ2n) is 5.60. The number of benzene rings is 2. The summed E-state index contributed by atoms with van der Waals surface area (Å²) >= 11 is 0. The minimum Gasteiger partial charge on any atom is -0.508 e. The van der Waals surface area contributed by atoms with E-state index >= 15 is 0 Å². The van der Waals surface area contributed by atoms with Gasteiger partial charge in [0.2, 0.25) is 0 Å². The van der Waals surface area contributed by atoms with Gasteiger partial charge >= 0.3 is 6.03 Å². The van der Waals surface area contributed by atoms with Gasteiger partial charge in [-0.15, -0.1) is 0 Å². The van der Waals surface area contributed by atoms with Crippen LogP contribution in [0.3, 0.4) is 0 Å². The molecule has 2 aromatic rings. The van der Waals surface area contributed by atoms with Crippen LogP contribution in [0.25, 0.3) is 5.70 Å². The Morgan fingerprint density at radius 1 is 1.04 bits per heavy atom. The van der Waals surface area contributed by atoms with Gasteiger partial charge in [0.15, 0.2) is 0 Å². The highest BCUT2D eigenvalue weighted by molar-refractivity contribution is 6.07. The van der Waals surface area contributed by atoms with Gasteiger partial charge in [-0.3, -0.25) is 4.90 Å². The SMILES string of the molecule is Cc1ccc(N2C(=O)NCC=C2c2cc(C)c(O)cc2O)cc1. The predicted octanol–water partition coefficient (Wildman–Crippen LogP) is 3.29. The van der Waals surface area contributed by atoms with Crippen LogP contribution >= 0.6 is 0 Å². The highest BCUT2D eigenvalue weighted by Crippen LogP contribution is 2.36. The summed E-state index contributed by atoms with van der Waals surface area (Å²) in [6.45, 7) is 4.11. The number of hydrogen-bond donors (Lipinski definition) is 3. The van der Waals surface area contributed by atoms with Crippen molar-refractivity contribution in [2.24, 2.45) is 0 Å². The molecule has 0 aromatic heterocycles. The number of carbonyl (C=O) groups is 1. The highest BCUT2D eigenvalue weighted by atomic mass is 16.3. The number of phenols is 2. The lowest BCUT2D eigenvalue weighted by atomic mass is 10.0. The molecular formula is C18H18N2O3. The van der Waals surface area contributed by atoms with Crippen LogP contribution in [0, 0.1) is 13.8 Å². The van der Waals surface area contributed by atoms with E-state index < -0.39 is 0 Å². The molecule has 0 radical (unpaired) electrons. The molecule has 5 nitrogen and oxygen atoms in total.